The van der Waals surface area contributed by atoms with Gasteiger partial charge in [-0.15, -0.1) is 0 Å². The highest BCUT2D eigenvalue weighted by atomic mass is 16.5. The van der Waals surface area contributed by atoms with Crippen LogP contribution in [-0.2, 0) is 24.4 Å². The van der Waals surface area contributed by atoms with Crippen LogP contribution in [0.5, 0.6) is 11.5 Å². The number of nitrogens with zero attached hydrogens (tertiary/aromatic N) is 1. The predicted octanol–water partition coefficient (Wildman–Crippen LogP) is 5.42. The van der Waals surface area contributed by atoms with Crippen LogP contribution >= 0.6 is 0 Å². The van der Waals surface area contributed by atoms with Gasteiger partial charge in [-0.3, -0.25) is 9.59 Å². The Balaban J connectivity index is 1.22. The van der Waals surface area contributed by atoms with Gasteiger partial charge in [-0.25, -0.2) is 4.98 Å². The highest BCUT2D eigenvalue weighted by molar-refractivity contribution is 5.97. The van der Waals surface area contributed by atoms with Gasteiger partial charge in [0.2, 0.25) is 5.91 Å². The lowest BCUT2D eigenvalue weighted by atomic mass is 9.99. The quantitative estimate of drug-likeness (QED) is 0.0853. The van der Waals surface area contributed by atoms with Gasteiger partial charge in [0.05, 0.1) is 26.8 Å². The molecule has 0 saturated carbocycles. The minimum Gasteiger partial charge on any atom is -0.496 e. The molecule has 10 heteroatoms. The molecule has 4 aromatic carbocycles. The van der Waals surface area contributed by atoms with Gasteiger partial charge in [0.15, 0.2) is 0 Å². The van der Waals surface area contributed by atoms with Crippen molar-refractivity contribution >= 4 is 22.6 Å². The van der Waals surface area contributed by atoms with E-state index in [1.165, 1.54) is 0 Å². The molecule has 0 aliphatic rings. The van der Waals surface area contributed by atoms with Crippen LogP contribution < -0.4 is 30.7 Å². The van der Waals surface area contributed by atoms with Crippen molar-refractivity contribution in [3.63, 3.8) is 0 Å². The topological polar surface area (TPSA) is 129 Å². The molecule has 0 radical (unpaired) electrons. The molecule has 0 fully saturated rings. The van der Waals surface area contributed by atoms with Crippen molar-refractivity contribution in [2.45, 2.75) is 51.5 Å². The second kappa shape index (κ2) is 17.1. The van der Waals surface area contributed by atoms with Crippen molar-refractivity contribution in [2.24, 2.45) is 0 Å². The van der Waals surface area contributed by atoms with Gasteiger partial charge in [-0.05, 0) is 72.5 Å². The molecule has 1 heterocycles. The number of carbonyl (C=O) groups is 2. The van der Waals surface area contributed by atoms with Gasteiger partial charge in [0.25, 0.3) is 5.91 Å². The van der Waals surface area contributed by atoms with E-state index in [-0.39, 0.29) is 17.9 Å². The van der Waals surface area contributed by atoms with E-state index in [0.29, 0.717) is 44.6 Å². The van der Waals surface area contributed by atoms with Crippen molar-refractivity contribution in [3.05, 3.63) is 125 Å². The third-order valence-corrected chi connectivity index (χ3v) is 8.34. The number of hydrogen-bond acceptors (Lipinski definition) is 7. The number of hydrogen-bond donors (Lipinski definition) is 5. The fourth-order valence-electron chi connectivity index (χ4n) is 5.77. The second-order valence-corrected chi connectivity index (χ2v) is 11.6. The molecule has 48 heavy (non-hydrogen) atoms. The van der Waals surface area contributed by atoms with Crippen LogP contribution in [0.2, 0.25) is 0 Å². The third-order valence-electron chi connectivity index (χ3n) is 8.34. The average Bonchev–Trinajstić information content (AvgIpc) is 3.64. The fraction of sp³-hybridized carbons (Fsp3) is 0.289. The number of fused-ring (bicyclic) bond motifs is 1. The number of H-pyrrole nitrogens is 1. The fourth-order valence-corrected chi connectivity index (χ4v) is 5.77. The van der Waals surface area contributed by atoms with Crippen LogP contribution in [0.1, 0.15) is 58.7 Å². The molecule has 5 aromatic rings. The number of nitrogens with one attached hydrogen (secondary N) is 5. The lowest BCUT2D eigenvalue weighted by Crippen LogP contribution is -2.47. The summed E-state index contributed by atoms with van der Waals surface area (Å²) in [6, 6.07) is 26.3. The first-order valence-corrected chi connectivity index (χ1v) is 16.2. The summed E-state index contributed by atoms with van der Waals surface area (Å²) in [5.41, 5.74) is 3.48. The van der Waals surface area contributed by atoms with Crippen LogP contribution in [0.4, 0.5) is 0 Å². The molecular formula is C38H44N6O4. The van der Waals surface area contributed by atoms with E-state index in [1.54, 1.807) is 38.7 Å². The lowest BCUT2D eigenvalue weighted by molar-refractivity contribution is -0.123. The van der Waals surface area contributed by atoms with E-state index < -0.39 is 6.04 Å². The Bertz CT molecular complexity index is 1750. The number of methoxy groups -OCH3 is 2. The molecule has 0 aliphatic carbocycles. The zero-order valence-corrected chi connectivity index (χ0v) is 27.7. The van der Waals surface area contributed by atoms with E-state index in [4.69, 9.17) is 9.47 Å². The first-order chi connectivity index (χ1) is 23.5. The van der Waals surface area contributed by atoms with Gasteiger partial charge in [0, 0.05) is 36.6 Å². The number of amides is 2. The highest BCUT2D eigenvalue weighted by Crippen LogP contribution is 2.28. The maximum atomic E-state index is 13.8. The lowest BCUT2D eigenvalue weighted by Gasteiger charge is -2.23. The van der Waals surface area contributed by atoms with Crippen molar-refractivity contribution in [2.75, 3.05) is 20.8 Å². The van der Waals surface area contributed by atoms with Gasteiger partial charge >= 0.3 is 0 Å². The molecule has 1 aromatic heterocycles. The zero-order valence-electron chi connectivity index (χ0n) is 27.7. The first kappa shape index (κ1) is 34.2. The molecule has 0 spiro atoms. The minimum absolute atomic E-state index is 0.228. The Kier molecular flexibility index (Phi) is 12.2. The Morgan fingerprint density at radius 2 is 1.54 bits per heavy atom. The van der Waals surface area contributed by atoms with E-state index in [1.807, 2.05) is 61.5 Å². The summed E-state index contributed by atoms with van der Waals surface area (Å²) < 4.78 is 11.0. The van der Waals surface area contributed by atoms with E-state index in [9.17, 15) is 9.59 Å². The number of ether oxygens (including phenoxy) is 2. The van der Waals surface area contributed by atoms with E-state index in [0.717, 1.165) is 44.8 Å². The van der Waals surface area contributed by atoms with Crippen molar-refractivity contribution in [1.82, 2.24) is 31.2 Å². The molecule has 0 unspecified atom stereocenters. The number of aromatic nitrogens is 2. The minimum atomic E-state index is -0.729. The summed E-state index contributed by atoms with van der Waals surface area (Å²) in [5.74, 6) is 1.82. The van der Waals surface area contributed by atoms with Crippen LogP contribution in [0, 0.1) is 0 Å². The van der Waals surface area contributed by atoms with Crippen molar-refractivity contribution in [3.8, 4) is 11.5 Å². The molecular weight excluding hydrogens is 604 g/mol. The van der Waals surface area contributed by atoms with Gasteiger partial charge in [0.1, 0.15) is 23.4 Å². The number of rotatable bonds is 17. The molecule has 5 N–H and O–H groups in total. The van der Waals surface area contributed by atoms with Crippen molar-refractivity contribution in [1.29, 1.82) is 0 Å². The highest BCUT2D eigenvalue weighted by Gasteiger charge is 2.24. The number of aromatic amines is 1. The Morgan fingerprint density at radius 1 is 0.812 bits per heavy atom. The van der Waals surface area contributed by atoms with E-state index >= 15 is 0 Å². The molecule has 0 bridgehead atoms. The monoisotopic (exact) mass is 648 g/mol. The Labute approximate surface area is 281 Å². The summed E-state index contributed by atoms with van der Waals surface area (Å²) in [5, 5.41) is 15.1. The summed E-state index contributed by atoms with van der Waals surface area (Å²) in [4.78, 5) is 34.5. The number of carbonyl (C=O) groups excluding carboxylic acids is 2. The zero-order chi connectivity index (χ0) is 33.7. The largest absolute Gasteiger partial charge is 0.496 e. The van der Waals surface area contributed by atoms with Crippen LogP contribution in [0.15, 0.2) is 97.3 Å². The number of imidazole rings is 1. The average molecular weight is 649 g/mol. The van der Waals surface area contributed by atoms with Crippen LogP contribution in [0.3, 0.4) is 0 Å². The van der Waals surface area contributed by atoms with Gasteiger partial charge < -0.3 is 35.7 Å². The first-order valence-electron chi connectivity index (χ1n) is 16.2. The molecule has 2 amide bonds. The third kappa shape index (κ3) is 8.99. The Morgan fingerprint density at radius 3 is 2.27 bits per heavy atom. The Hall–Kier alpha value is -5.19. The molecule has 0 aliphatic heterocycles. The molecule has 2 atom stereocenters. The second-order valence-electron chi connectivity index (χ2n) is 11.6. The van der Waals surface area contributed by atoms with E-state index in [2.05, 4.69) is 49.4 Å². The SMILES string of the molecule is COc1cccc(OC)c1CNCCC[C@H](NC(=O)c1ccc(CNCc2ncc[nH]2)cc1)C(=O)N[C@@H](C)c1cccc2ccccc12. The predicted molar refractivity (Wildman–Crippen MR) is 188 cm³/mol. The standard InChI is InChI=1S/C38H44N6O4/c1-26(30-12-6-10-28-9-4-5-11-31(28)30)43-38(46)33(13-8-20-39-24-32-34(47-2)14-7-15-35(32)48-3)44-37(45)29-18-16-27(17-19-29)23-40-25-36-41-21-22-42-36/h4-7,9-12,14-19,21-22,26,33,39-40H,8,13,20,23-25H2,1-3H3,(H,41,42)(H,43,46)(H,44,45)/t26-,33-/m0/s1. The van der Waals surface area contributed by atoms with Gasteiger partial charge in [-0.2, -0.15) is 0 Å². The summed E-state index contributed by atoms with van der Waals surface area (Å²) >= 11 is 0. The normalized spacial score (nSPS) is 12.3. The van der Waals surface area contributed by atoms with Crippen LogP contribution in [-0.4, -0.2) is 48.6 Å². The maximum absolute atomic E-state index is 13.8. The molecule has 250 valence electrons. The summed E-state index contributed by atoms with van der Waals surface area (Å²) in [7, 11) is 3.27. The maximum Gasteiger partial charge on any atom is 0.251 e. The van der Waals surface area contributed by atoms with Crippen molar-refractivity contribution < 1.29 is 19.1 Å². The van der Waals surface area contributed by atoms with Gasteiger partial charge in [-0.1, -0.05) is 60.7 Å². The summed E-state index contributed by atoms with van der Waals surface area (Å²) in [6.45, 7) is 4.38. The molecule has 10 nitrogen and oxygen atoms in total. The molecule has 5 rings (SSSR count). The number of benzene rings is 4. The molecule has 0 saturated heterocycles. The summed E-state index contributed by atoms with van der Waals surface area (Å²) in [6.07, 6.45) is 4.61. The smallest absolute Gasteiger partial charge is 0.251 e. The van der Waals surface area contributed by atoms with Crippen LogP contribution in [0.25, 0.3) is 10.8 Å².